The van der Waals surface area contributed by atoms with Crippen molar-refractivity contribution in [2.75, 3.05) is 13.2 Å². The first-order valence-corrected chi connectivity index (χ1v) is 7.94. The van der Waals surface area contributed by atoms with Gasteiger partial charge < -0.3 is 15.2 Å². The summed E-state index contributed by atoms with van der Waals surface area (Å²) in [6, 6.07) is -0.304. The number of amides is 1. The number of ether oxygens (including phenoxy) is 1. The third kappa shape index (κ3) is 3.12. The third-order valence-corrected chi connectivity index (χ3v) is 5.19. The summed E-state index contributed by atoms with van der Waals surface area (Å²) >= 11 is 0. The minimum Gasteiger partial charge on any atom is -0.481 e. The fraction of sp³-hybridized carbons (Fsp3) is 0.750. The SMILES string of the molecule is O=C(N[C@@H]1CCOCC[C@H]1C(=O)O)[C@@H]1C[C@@H]2C=C[C@H]1CC2. The predicted octanol–water partition coefficient (Wildman–Crippen LogP) is 1.58. The van der Waals surface area contributed by atoms with Crippen LogP contribution in [-0.4, -0.2) is 36.2 Å². The predicted molar refractivity (Wildman–Crippen MR) is 76.6 cm³/mol. The molecule has 0 radical (unpaired) electrons. The van der Waals surface area contributed by atoms with Crippen LogP contribution in [0.15, 0.2) is 12.2 Å². The highest BCUT2D eigenvalue weighted by Crippen LogP contribution is 2.40. The van der Waals surface area contributed by atoms with E-state index in [9.17, 15) is 14.7 Å². The number of hydrogen-bond acceptors (Lipinski definition) is 3. The molecule has 1 saturated carbocycles. The average Bonchev–Trinajstić information content (AvgIpc) is 2.74. The lowest BCUT2D eigenvalue weighted by molar-refractivity contribution is -0.143. The van der Waals surface area contributed by atoms with E-state index < -0.39 is 11.9 Å². The van der Waals surface area contributed by atoms with Crippen molar-refractivity contribution in [1.29, 1.82) is 0 Å². The van der Waals surface area contributed by atoms with Gasteiger partial charge >= 0.3 is 5.97 Å². The number of carbonyl (C=O) groups is 2. The molecule has 2 N–H and O–H groups in total. The lowest BCUT2D eigenvalue weighted by atomic mass is 9.68. The fourth-order valence-corrected chi connectivity index (χ4v) is 3.92. The first-order chi connectivity index (χ1) is 10.1. The Kier molecular flexibility index (Phi) is 4.29. The molecule has 5 heteroatoms. The monoisotopic (exact) mass is 293 g/mol. The van der Waals surface area contributed by atoms with Crippen LogP contribution in [0.3, 0.4) is 0 Å². The summed E-state index contributed by atoms with van der Waals surface area (Å²) in [5, 5.41) is 12.4. The number of carboxylic acid groups (broad SMARTS) is 1. The van der Waals surface area contributed by atoms with Crippen molar-refractivity contribution in [3.63, 3.8) is 0 Å². The van der Waals surface area contributed by atoms with Gasteiger partial charge in [-0.3, -0.25) is 9.59 Å². The molecule has 0 aromatic heterocycles. The highest BCUT2D eigenvalue weighted by Gasteiger charge is 2.38. The van der Waals surface area contributed by atoms with Crippen LogP contribution in [0.4, 0.5) is 0 Å². The van der Waals surface area contributed by atoms with Crippen molar-refractivity contribution >= 4 is 11.9 Å². The quantitative estimate of drug-likeness (QED) is 0.775. The van der Waals surface area contributed by atoms with Gasteiger partial charge in [0.25, 0.3) is 0 Å². The number of carboxylic acids is 1. The topological polar surface area (TPSA) is 75.6 Å². The molecular weight excluding hydrogens is 270 g/mol. The molecule has 1 saturated heterocycles. The second-order valence-corrected chi connectivity index (χ2v) is 6.48. The Labute approximate surface area is 124 Å². The number of aliphatic carboxylic acids is 1. The van der Waals surface area contributed by atoms with Crippen LogP contribution in [0.2, 0.25) is 0 Å². The second kappa shape index (κ2) is 6.18. The van der Waals surface area contributed by atoms with Crippen LogP contribution in [-0.2, 0) is 14.3 Å². The van der Waals surface area contributed by atoms with Crippen LogP contribution in [0, 0.1) is 23.7 Å². The zero-order valence-electron chi connectivity index (χ0n) is 12.2. The van der Waals surface area contributed by atoms with Gasteiger partial charge in [0.15, 0.2) is 0 Å². The molecule has 5 atom stereocenters. The van der Waals surface area contributed by atoms with Gasteiger partial charge in [-0.05, 0) is 43.9 Å². The van der Waals surface area contributed by atoms with Crippen molar-refractivity contribution in [2.45, 2.75) is 38.1 Å². The normalized spacial score (nSPS) is 38.8. The largest absolute Gasteiger partial charge is 0.481 e. The van der Waals surface area contributed by atoms with Gasteiger partial charge in [0.2, 0.25) is 5.91 Å². The zero-order valence-corrected chi connectivity index (χ0v) is 12.2. The minimum atomic E-state index is -0.837. The molecule has 21 heavy (non-hydrogen) atoms. The van der Waals surface area contributed by atoms with Crippen LogP contribution >= 0.6 is 0 Å². The molecule has 0 aromatic rings. The lowest BCUT2D eigenvalue weighted by Gasteiger charge is -2.38. The van der Waals surface area contributed by atoms with E-state index in [-0.39, 0.29) is 17.9 Å². The van der Waals surface area contributed by atoms with Gasteiger partial charge in [-0.25, -0.2) is 0 Å². The van der Waals surface area contributed by atoms with Gasteiger partial charge in [0.05, 0.1) is 5.92 Å². The Morgan fingerprint density at radius 2 is 1.86 bits per heavy atom. The van der Waals surface area contributed by atoms with Gasteiger partial charge in [-0.2, -0.15) is 0 Å². The van der Waals surface area contributed by atoms with Crippen LogP contribution in [0.5, 0.6) is 0 Å². The molecule has 116 valence electrons. The summed E-state index contributed by atoms with van der Waals surface area (Å²) in [4.78, 5) is 23.9. The Bertz CT molecular complexity index is 448. The molecule has 1 aliphatic heterocycles. The van der Waals surface area contributed by atoms with Crippen molar-refractivity contribution in [3.05, 3.63) is 12.2 Å². The van der Waals surface area contributed by atoms with Crippen molar-refractivity contribution in [2.24, 2.45) is 23.7 Å². The maximum atomic E-state index is 12.6. The smallest absolute Gasteiger partial charge is 0.308 e. The Morgan fingerprint density at radius 3 is 2.48 bits per heavy atom. The van der Waals surface area contributed by atoms with Gasteiger partial charge in [0, 0.05) is 25.2 Å². The van der Waals surface area contributed by atoms with E-state index in [1.165, 1.54) is 6.42 Å². The molecule has 2 fully saturated rings. The third-order valence-electron chi connectivity index (χ3n) is 5.19. The van der Waals surface area contributed by atoms with Gasteiger partial charge in [-0.1, -0.05) is 12.2 Å². The standard InChI is InChI=1S/C16H23NO4/c18-15(13-9-10-1-3-11(13)4-2-10)17-14-6-8-21-7-5-12(14)16(19)20/h1,3,10-14H,2,4-9H2,(H,17,18)(H,19,20)/t10-,11+,12-,13-,14-/m1/s1. The maximum Gasteiger partial charge on any atom is 0.308 e. The second-order valence-electron chi connectivity index (χ2n) is 6.48. The minimum absolute atomic E-state index is 0.0207. The van der Waals surface area contributed by atoms with Crippen LogP contribution in [0.1, 0.15) is 32.1 Å². The number of fused-ring (bicyclic) bond motifs is 2. The number of hydrogen-bond donors (Lipinski definition) is 2. The van der Waals surface area contributed by atoms with Gasteiger partial charge in [-0.15, -0.1) is 0 Å². The summed E-state index contributed by atoms with van der Waals surface area (Å²) in [7, 11) is 0. The van der Waals surface area contributed by atoms with E-state index in [0.717, 1.165) is 12.8 Å². The van der Waals surface area contributed by atoms with Crippen molar-refractivity contribution < 1.29 is 19.4 Å². The summed E-state index contributed by atoms with van der Waals surface area (Å²) in [5.41, 5.74) is 0. The number of carbonyl (C=O) groups excluding carboxylic acids is 1. The molecule has 1 amide bonds. The van der Waals surface area contributed by atoms with E-state index in [1.807, 2.05) is 0 Å². The maximum absolute atomic E-state index is 12.6. The summed E-state index contributed by atoms with van der Waals surface area (Å²) in [5.74, 6) is -0.456. The molecule has 0 aromatic carbocycles. The average molecular weight is 293 g/mol. The molecular formula is C16H23NO4. The zero-order chi connectivity index (χ0) is 14.8. The fourth-order valence-electron chi connectivity index (χ4n) is 3.92. The summed E-state index contributed by atoms with van der Waals surface area (Å²) < 4.78 is 5.36. The highest BCUT2D eigenvalue weighted by molar-refractivity contribution is 5.81. The summed E-state index contributed by atoms with van der Waals surface area (Å²) in [6.45, 7) is 0.978. The Morgan fingerprint density at radius 1 is 1.05 bits per heavy atom. The first kappa shape index (κ1) is 14.6. The number of allylic oxidation sites excluding steroid dienone is 2. The molecule has 3 aliphatic carbocycles. The van der Waals surface area contributed by atoms with Crippen molar-refractivity contribution in [1.82, 2.24) is 5.32 Å². The van der Waals surface area contributed by atoms with Gasteiger partial charge in [0.1, 0.15) is 0 Å². The molecule has 2 bridgehead atoms. The molecule has 4 rings (SSSR count). The molecule has 5 nitrogen and oxygen atoms in total. The molecule has 1 heterocycles. The number of rotatable bonds is 3. The lowest BCUT2D eigenvalue weighted by Crippen LogP contribution is -2.48. The van der Waals surface area contributed by atoms with E-state index in [4.69, 9.17) is 4.74 Å². The molecule has 0 spiro atoms. The first-order valence-electron chi connectivity index (χ1n) is 7.94. The van der Waals surface area contributed by atoms with E-state index in [1.54, 1.807) is 0 Å². The van der Waals surface area contributed by atoms with Crippen molar-refractivity contribution in [3.8, 4) is 0 Å². The summed E-state index contributed by atoms with van der Waals surface area (Å²) in [6.07, 6.45) is 8.63. The van der Waals surface area contributed by atoms with Crippen LogP contribution < -0.4 is 5.32 Å². The number of nitrogens with one attached hydrogen (secondary N) is 1. The molecule has 0 unspecified atom stereocenters. The van der Waals surface area contributed by atoms with E-state index >= 15 is 0 Å². The van der Waals surface area contributed by atoms with E-state index in [0.29, 0.717) is 37.9 Å². The van der Waals surface area contributed by atoms with Crippen LogP contribution in [0.25, 0.3) is 0 Å². The highest BCUT2D eigenvalue weighted by atomic mass is 16.5. The molecule has 4 aliphatic rings. The van der Waals surface area contributed by atoms with E-state index in [2.05, 4.69) is 17.5 Å². The Hall–Kier alpha value is -1.36. The Balaban J connectivity index is 1.65.